The van der Waals surface area contributed by atoms with E-state index in [2.05, 4.69) is 9.97 Å². The van der Waals surface area contributed by atoms with Gasteiger partial charge in [-0.05, 0) is 25.1 Å². The van der Waals surface area contributed by atoms with Crippen LogP contribution in [0.5, 0.6) is 0 Å². The van der Waals surface area contributed by atoms with Gasteiger partial charge in [0.05, 0.1) is 20.7 Å². The number of fused-ring (bicyclic) bond motifs is 1. The number of rotatable bonds is 6. The third-order valence-electron chi connectivity index (χ3n) is 3.85. The lowest BCUT2D eigenvalue weighted by molar-refractivity contribution is -0.384. The van der Waals surface area contributed by atoms with Gasteiger partial charge in [0.25, 0.3) is 5.69 Å². The first-order chi connectivity index (χ1) is 14.0. The Hall–Kier alpha value is -2.82. The number of para-hydroxylation sites is 1. The second kappa shape index (κ2) is 8.27. The zero-order valence-corrected chi connectivity index (χ0v) is 17.5. The molecule has 0 radical (unpaired) electrons. The van der Waals surface area contributed by atoms with Crippen molar-refractivity contribution in [3.8, 4) is 0 Å². The number of hydrogen-bond donors (Lipinski definition) is 0. The van der Waals surface area contributed by atoms with Crippen LogP contribution in [0.25, 0.3) is 10.2 Å². The van der Waals surface area contributed by atoms with Gasteiger partial charge in [-0.15, -0.1) is 22.7 Å². The van der Waals surface area contributed by atoms with Crippen LogP contribution in [0.4, 0.5) is 5.69 Å². The first-order valence-corrected chi connectivity index (χ1v) is 10.9. The molecule has 4 rings (SSSR count). The molecular weight excluding hydrogens is 430 g/mol. The molecule has 0 saturated carbocycles. The number of non-ortho nitro benzene ring substituents is 1. The summed E-state index contributed by atoms with van der Waals surface area (Å²) in [5.74, 6) is -0.635. The monoisotopic (exact) mass is 443 g/mol. The van der Waals surface area contributed by atoms with Crippen molar-refractivity contribution in [3.63, 3.8) is 0 Å². The molecule has 2 aromatic heterocycles. The molecule has 4 aromatic rings. The lowest BCUT2D eigenvalue weighted by Gasteiger charge is -2.07. The van der Waals surface area contributed by atoms with E-state index in [1.807, 2.05) is 36.6 Å². The normalized spacial score (nSPS) is 10.9. The van der Waals surface area contributed by atoms with Gasteiger partial charge in [-0.3, -0.25) is 10.1 Å². The van der Waals surface area contributed by atoms with E-state index in [1.54, 1.807) is 6.07 Å². The average molecular weight is 444 g/mol. The molecule has 2 aromatic carbocycles. The molecule has 0 atom stereocenters. The van der Waals surface area contributed by atoms with Crippen LogP contribution in [0, 0.1) is 17.0 Å². The van der Waals surface area contributed by atoms with E-state index in [0.717, 1.165) is 20.3 Å². The van der Waals surface area contributed by atoms with Gasteiger partial charge in [-0.25, -0.2) is 14.8 Å². The van der Waals surface area contributed by atoms with Crippen molar-refractivity contribution in [2.24, 2.45) is 0 Å². The van der Waals surface area contributed by atoms with Crippen molar-refractivity contribution in [2.45, 2.75) is 22.8 Å². The summed E-state index contributed by atoms with van der Waals surface area (Å²) in [4.78, 5) is 32.7. The van der Waals surface area contributed by atoms with Crippen LogP contribution >= 0.6 is 34.4 Å². The summed E-state index contributed by atoms with van der Waals surface area (Å²) in [7, 11) is 0. The molecule has 0 aliphatic carbocycles. The molecule has 0 saturated heterocycles. The minimum absolute atomic E-state index is 0.00133. The van der Waals surface area contributed by atoms with Crippen molar-refractivity contribution in [3.05, 3.63) is 74.2 Å². The summed E-state index contributed by atoms with van der Waals surface area (Å²) >= 11 is 4.17. The number of nitro groups is 1. The second-order valence-electron chi connectivity index (χ2n) is 5.95. The highest BCUT2D eigenvalue weighted by atomic mass is 32.2. The van der Waals surface area contributed by atoms with Gasteiger partial charge in [0.15, 0.2) is 4.34 Å². The molecule has 0 spiro atoms. The topological polar surface area (TPSA) is 95.2 Å². The van der Waals surface area contributed by atoms with Crippen molar-refractivity contribution >= 4 is 56.3 Å². The molecule has 0 unspecified atom stereocenters. The SMILES string of the molecule is Cc1csc(Sc2ccc([N+](=O)[O-])cc2C(=O)OCc2nc3ccccc3s2)n1. The molecule has 0 aliphatic rings. The van der Waals surface area contributed by atoms with E-state index in [0.29, 0.717) is 9.90 Å². The van der Waals surface area contributed by atoms with Gasteiger partial charge >= 0.3 is 5.97 Å². The van der Waals surface area contributed by atoms with E-state index < -0.39 is 10.9 Å². The highest BCUT2D eigenvalue weighted by molar-refractivity contribution is 8.01. The lowest BCUT2D eigenvalue weighted by Crippen LogP contribution is -2.07. The fourth-order valence-corrected chi connectivity index (χ4v) is 5.31. The Morgan fingerprint density at radius 1 is 1.24 bits per heavy atom. The molecule has 10 heteroatoms. The average Bonchev–Trinajstić information content (AvgIpc) is 3.31. The maximum atomic E-state index is 12.7. The standard InChI is InChI=1S/C19H13N3O4S3/c1-11-10-27-19(20-11)29-15-7-6-12(22(24)25)8-13(15)18(23)26-9-17-21-14-4-2-3-5-16(14)28-17/h2-8,10H,9H2,1H3. The van der Waals surface area contributed by atoms with Crippen LogP contribution in [0.2, 0.25) is 0 Å². The number of esters is 1. The fourth-order valence-electron chi connectivity index (χ4n) is 2.54. The number of nitro benzene ring substituents is 1. The van der Waals surface area contributed by atoms with E-state index in [-0.39, 0.29) is 17.9 Å². The zero-order chi connectivity index (χ0) is 20.4. The van der Waals surface area contributed by atoms with E-state index in [4.69, 9.17) is 4.74 Å². The Labute approximate surface area is 177 Å². The van der Waals surface area contributed by atoms with E-state index >= 15 is 0 Å². The lowest BCUT2D eigenvalue weighted by atomic mass is 10.2. The van der Waals surface area contributed by atoms with Crippen LogP contribution in [0.1, 0.15) is 21.1 Å². The summed E-state index contributed by atoms with van der Waals surface area (Å²) in [5, 5.41) is 13.7. The van der Waals surface area contributed by atoms with Crippen LogP contribution < -0.4 is 0 Å². The molecular formula is C19H13N3O4S3. The number of benzene rings is 2. The first-order valence-electron chi connectivity index (χ1n) is 8.39. The minimum atomic E-state index is -0.635. The predicted octanol–water partition coefficient (Wildman–Crippen LogP) is 5.48. The maximum Gasteiger partial charge on any atom is 0.339 e. The fraction of sp³-hybridized carbons (Fsp3) is 0.105. The first kappa shape index (κ1) is 19.5. The molecule has 146 valence electrons. The van der Waals surface area contributed by atoms with Gasteiger partial charge in [0, 0.05) is 28.1 Å². The van der Waals surface area contributed by atoms with Gasteiger partial charge in [0.1, 0.15) is 11.6 Å². The third-order valence-corrected chi connectivity index (χ3v) is 7.00. The number of carbonyl (C=O) groups is 1. The molecule has 7 nitrogen and oxygen atoms in total. The number of aryl methyl sites for hydroxylation is 1. The van der Waals surface area contributed by atoms with Crippen molar-refractivity contribution < 1.29 is 14.5 Å². The number of ether oxygens (including phenoxy) is 1. The summed E-state index contributed by atoms with van der Waals surface area (Å²) in [5.41, 5.74) is 1.68. The molecule has 0 bridgehead atoms. The quantitative estimate of drug-likeness (QED) is 0.221. The van der Waals surface area contributed by atoms with Crippen LogP contribution in [-0.4, -0.2) is 20.9 Å². The minimum Gasteiger partial charge on any atom is -0.455 e. The number of nitrogens with zero attached hydrogens (tertiary/aromatic N) is 3. The van der Waals surface area contributed by atoms with E-state index in [1.165, 1.54) is 46.6 Å². The summed E-state index contributed by atoms with van der Waals surface area (Å²) in [6.07, 6.45) is 0. The molecule has 0 N–H and O–H groups in total. The van der Waals surface area contributed by atoms with Crippen LogP contribution in [-0.2, 0) is 11.3 Å². The predicted molar refractivity (Wildman–Crippen MR) is 113 cm³/mol. The highest BCUT2D eigenvalue weighted by Gasteiger charge is 2.20. The smallest absolute Gasteiger partial charge is 0.339 e. The molecule has 2 heterocycles. The largest absolute Gasteiger partial charge is 0.455 e. The van der Waals surface area contributed by atoms with Gasteiger partial charge in [0.2, 0.25) is 0 Å². The van der Waals surface area contributed by atoms with Gasteiger partial charge in [-0.1, -0.05) is 23.9 Å². The maximum absolute atomic E-state index is 12.7. The van der Waals surface area contributed by atoms with Crippen LogP contribution in [0.15, 0.2) is 57.1 Å². The van der Waals surface area contributed by atoms with Gasteiger partial charge in [-0.2, -0.15) is 0 Å². The number of aromatic nitrogens is 2. The summed E-state index contributed by atoms with van der Waals surface area (Å²) < 4.78 is 7.17. The molecule has 29 heavy (non-hydrogen) atoms. The van der Waals surface area contributed by atoms with Crippen molar-refractivity contribution in [1.82, 2.24) is 9.97 Å². The number of thiazole rings is 2. The van der Waals surface area contributed by atoms with Crippen molar-refractivity contribution in [1.29, 1.82) is 0 Å². The number of hydrogen-bond acceptors (Lipinski definition) is 9. The Kier molecular flexibility index (Phi) is 5.56. The zero-order valence-electron chi connectivity index (χ0n) is 15.0. The number of carbonyl (C=O) groups excluding carboxylic acids is 1. The Morgan fingerprint density at radius 3 is 2.79 bits per heavy atom. The summed E-state index contributed by atoms with van der Waals surface area (Å²) in [6.45, 7) is 1.88. The summed E-state index contributed by atoms with van der Waals surface area (Å²) in [6, 6.07) is 11.8. The Balaban J connectivity index is 1.57. The molecule has 0 fully saturated rings. The highest BCUT2D eigenvalue weighted by Crippen LogP contribution is 2.35. The van der Waals surface area contributed by atoms with E-state index in [9.17, 15) is 14.9 Å². The Morgan fingerprint density at radius 2 is 2.07 bits per heavy atom. The molecule has 0 amide bonds. The second-order valence-corrected chi connectivity index (χ2v) is 9.21. The van der Waals surface area contributed by atoms with Gasteiger partial charge < -0.3 is 4.74 Å². The molecule has 0 aliphatic heterocycles. The Bertz CT molecular complexity index is 1190. The van der Waals surface area contributed by atoms with Crippen molar-refractivity contribution in [2.75, 3.05) is 0 Å². The van der Waals surface area contributed by atoms with Crippen LogP contribution in [0.3, 0.4) is 0 Å². The third kappa shape index (κ3) is 4.44.